The van der Waals surface area contributed by atoms with Crippen LogP contribution in [0.25, 0.3) is 0 Å². The molecule has 0 aromatic heterocycles. The van der Waals surface area contributed by atoms with Crippen LogP contribution in [-0.4, -0.2) is 27.8 Å². The second-order valence-electron chi connectivity index (χ2n) is 4.33. The van der Waals surface area contributed by atoms with Gasteiger partial charge in [0.05, 0.1) is 5.60 Å². The smallest absolute Gasteiger partial charge is 0.0919 e. The molecule has 0 bridgehead atoms. The molecular formula is C9H17NOS. The summed E-state index contributed by atoms with van der Waals surface area (Å²) in [5.74, 6) is 2.54. The minimum Gasteiger partial charge on any atom is -0.387 e. The number of nitrogens with two attached hydrogens (primary N) is 1. The third kappa shape index (κ3) is 1.10. The maximum absolute atomic E-state index is 10.3. The van der Waals surface area contributed by atoms with Crippen molar-refractivity contribution in [2.45, 2.75) is 37.3 Å². The summed E-state index contributed by atoms with van der Waals surface area (Å²) in [5.41, 5.74) is 5.33. The first-order valence-corrected chi connectivity index (χ1v) is 5.83. The zero-order valence-electron chi connectivity index (χ0n) is 7.55. The average Bonchev–Trinajstić information content (AvgIpc) is 2.63. The third-order valence-electron chi connectivity index (χ3n) is 3.45. The molecule has 12 heavy (non-hydrogen) atoms. The maximum atomic E-state index is 10.3. The van der Waals surface area contributed by atoms with E-state index in [0.29, 0.717) is 5.92 Å². The Morgan fingerprint density at radius 2 is 2.25 bits per heavy atom. The van der Waals surface area contributed by atoms with Gasteiger partial charge >= 0.3 is 0 Å². The van der Waals surface area contributed by atoms with Gasteiger partial charge in [-0.3, -0.25) is 0 Å². The average molecular weight is 187 g/mol. The SMILES string of the molecule is CC1CC1(N)C1(O)CCCSC1. The predicted molar refractivity (Wildman–Crippen MR) is 52.2 cm³/mol. The molecular weight excluding hydrogens is 170 g/mol. The van der Waals surface area contributed by atoms with E-state index in [2.05, 4.69) is 6.92 Å². The molecule has 3 unspecified atom stereocenters. The Morgan fingerprint density at radius 1 is 1.58 bits per heavy atom. The van der Waals surface area contributed by atoms with Crippen LogP contribution in [0, 0.1) is 5.92 Å². The van der Waals surface area contributed by atoms with E-state index in [0.717, 1.165) is 25.0 Å². The van der Waals surface area contributed by atoms with Crippen molar-refractivity contribution in [2.75, 3.05) is 11.5 Å². The molecule has 1 aliphatic heterocycles. The highest BCUT2D eigenvalue weighted by Crippen LogP contribution is 2.52. The molecule has 0 aromatic carbocycles. The van der Waals surface area contributed by atoms with Crippen LogP contribution in [0.15, 0.2) is 0 Å². The van der Waals surface area contributed by atoms with Gasteiger partial charge in [-0.05, 0) is 30.9 Å². The predicted octanol–water partition coefficient (Wildman–Crippen LogP) is 0.982. The number of aliphatic hydroxyl groups is 1. The quantitative estimate of drug-likeness (QED) is 0.643. The molecule has 1 saturated heterocycles. The van der Waals surface area contributed by atoms with Crippen LogP contribution in [0.3, 0.4) is 0 Å². The number of rotatable bonds is 1. The van der Waals surface area contributed by atoms with Crippen molar-refractivity contribution < 1.29 is 5.11 Å². The summed E-state index contributed by atoms with van der Waals surface area (Å²) < 4.78 is 0. The fourth-order valence-corrected chi connectivity index (χ4v) is 3.49. The molecule has 2 fully saturated rings. The van der Waals surface area contributed by atoms with Crippen LogP contribution in [0.2, 0.25) is 0 Å². The van der Waals surface area contributed by atoms with Gasteiger partial charge in [0, 0.05) is 11.3 Å². The van der Waals surface area contributed by atoms with Gasteiger partial charge in [-0.25, -0.2) is 0 Å². The molecule has 1 saturated carbocycles. The summed E-state index contributed by atoms with van der Waals surface area (Å²) in [7, 11) is 0. The summed E-state index contributed by atoms with van der Waals surface area (Å²) in [6.45, 7) is 2.14. The summed E-state index contributed by atoms with van der Waals surface area (Å²) in [5, 5.41) is 10.3. The molecule has 3 heteroatoms. The lowest BCUT2D eigenvalue weighted by molar-refractivity contribution is 0.0109. The van der Waals surface area contributed by atoms with Crippen LogP contribution in [-0.2, 0) is 0 Å². The van der Waals surface area contributed by atoms with E-state index in [9.17, 15) is 5.11 Å². The lowest BCUT2D eigenvalue weighted by Crippen LogP contribution is -2.55. The van der Waals surface area contributed by atoms with E-state index in [1.807, 2.05) is 11.8 Å². The molecule has 2 nitrogen and oxygen atoms in total. The van der Waals surface area contributed by atoms with Crippen molar-refractivity contribution in [3.63, 3.8) is 0 Å². The van der Waals surface area contributed by atoms with E-state index in [4.69, 9.17) is 5.73 Å². The zero-order chi connectivity index (χ0) is 8.82. The van der Waals surface area contributed by atoms with E-state index in [1.54, 1.807) is 0 Å². The molecule has 0 amide bonds. The van der Waals surface area contributed by atoms with E-state index in [1.165, 1.54) is 5.75 Å². The van der Waals surface area contributed by atoms with Crippen molar-refractivity contribution in [1.82, 2.24) is 0 Å². The monoisotopic (exact) mass is 187 g/mol. The summed E-state index contributed by atoms with van der Waals surface area (Å²) in [6.07, 6.45) is 3.03. The molecule has 2 rings (SSSR count). The fraction of sp³-hybridized carbons (Fsp3) is 1.00. The molecule has 3 atom stereocenters. The maximum Gasteiger partial charge on any atom is 0.0919 e. The highest BCUT2D eigenvalue weighted by atomic mass is 32.2. The van der Waals surface area contributed by atoms with Gasteiger partial charge in [0.15, 0.2) is 0 Å². The van der Waals surface area contributed by atoms with Gasteiger partial charge in [-0.1, -0.05) is 6.92 Å². The molecule has 2 aliphatic rings. The van der Waals surface area contributed by atoms with Gasteiger partial charge in [0.1, 0.15) is 0 Å². The number of thioether (sulfide) groups is 1. The van der Waals surface area contributed by atoms with Gasteiger partial charge in [0.2, 0.25) is 0 Å². The Bertz CT molecular complexity index is 191. The minimum atomic E-state index is -0.560. The molecule has 1 aliphatic carbocycles. The first kappa shape index (κ1) is 8.85. The van der Waals surface area contributed by atoms with Crippen LogP contribution < -0.4 is 5.73 Å². The molecule has 0 aromatic rings. The summed E-state index contributed by atoms with van der Waals surface area (Å²) >= 11 is 1.84. The highest BCUT2D eigenvalue weighted by molar-refractivity contribution is 7.99. The topological polar surface area (TPSA) is 46.2 Å². The second-order valence-corrected chi connectivity index (χ2v) is 5.44. The van der Waals surface area contributed by atoms with Gasteiger partial charge in [-0.15, -0.1) is 0 Å². The highest BCUT2D eigenvalue weighted by Gasteiger charge is 2.61. The van der Waals surface area contributed by atoms with Gasteiger partial charge in [-0.2, -0.15) is 11.8 Å². The van der Waals surface area contributed by atoms with Crippen molar-refractivity contribution in [1.29, 1.82) is 0 Å². The normalized spacial score (nSPS) is 53.8. The van der Waals surface area contributed by atoms with Crippen molar-refractivity contribution in [3.8, 4) is 0 Å². The van der Waals surface area contributed by atoms with Crippen molar-refractivity contribution in [3.05, 3.63) is 0 Å². The zero-order valence-corrected chi connectivity index (χ0v) is 8.36. The standard InChI is InChI=1S/C9H17NOS/c1-7-5-9(7,10)8(11)3-2-4-12-6-8/h7,11H,2-6,10H2,1H3. The van der Waals surface area contributed by atoms with E-state index in [-0.39, 0.29) is 5.54 Å². The number of hydrogen-bond donors (Lipinski definition) is 2. The Hall–Kier alpha value is 0.270. The number of hydrogen-bond acceptors (Lipinski definition) is 3. The molecule has 0 spiro atoms. The summed E-state index contributed by atoms with van der Waals surface area (Å²) in [4.78, 5) is 0. The Kier molecular flexibility index (Phi) is 1.94. The van der Waals surface area contributed by atoms with Crippen molar-refractivity contribution >= 4 is 11.8 Å². The van der Waals surface area contributed by atoms with E-state index >= 15 is 0 Å². The lowest BCUT2D eigenvalue weighted by Gasteiger charge is -2.37. The first-order chi connectivity index (χ1) is 5.58. The van der Waals surface area contributed by atoms with Crippen LogP contribution in [0.5, 0.6) is 0 Å². The Balaban J connectivity index is 2.09. The molecule has 70 valence electrons. The minimum absolute atomic E-state index is 0.250. The largest absolute Gasteiger partial charge is 0.387 e. The third-order valence-corrected chi connectivity index (χ3v) is 4.71. The van der Waals surface area contributed by atoms with E-state index < -0.39 is 5.60 Å². The van der Waals surface area contributed by atoms with Gasteiger partial charge in [0.25, 0.3) is 0 Å². The van der Waals surface area contributed by atoms with Crippen LogP contribution >= 0.6 is 11.8 Å². The summed E-state index contributed by atoms with van der Waals surface area (Å²) in [6, 6.07) is 0. The molecule has 0 radical (unpaired) electrons. The Morgan fingerprint density at radius 3 is 2.67 bits per heavy atom. The molecule has 3 N–H and O–H groups in total. The van der Waals surface area contributed by atoms with Gasteiger partial charge < -0.3 is 10.8 Å². The Labute approximate surface area is 77.9 Å². The van der Waals surface area contributed by atoms with Crippen molar-refractivity contribution in [2.24, 2.45) is 11.7 Å². The lowest BCUT2D eigenvalue weighted by atomic mass is 9.87. The fourth-order valence-electron chi connectivity index (χ4n) is 2.24. The second kappa shape index (κ2) is 2.63. The molecule has 1 heterocycles. The first-order valence-electron chi connectivity index (χ1n) is 4.67. The van der Waals surface area contributed by atoms with Crippen LogP contribution in [0.1, 0.15) is 26.2 Å². The van der Waals surface area contributed by atoms with Crippen LogP contribution in [0.4, 0.5) is 0 Å².